The molecule has 1 rings (SSSR count). The molecule has 6 nitrogen and oxygen atoms in total. The van der Waals surface area contributed by atoms with E-state index in [1.54, 1.807) is 26.0 Å². The van der Waals surface area contributed by atoms with E-state index in [0.29, 0.717) is 11.1 Å². The molecule has 0 spiro atoms. The number of aliphatic hydroxyl groups excluding tert-OH is 1. The van der Waals surface area contributed by atoms with Crippen molar-refractivity contribution in [2.75, 3.05) is 18.9 Å². The molecule has 0 radical (unpaired) electrons. The predicted octanol–water partition coefficient (Wildman–Crippen LogP) is -0.0928. The van der Waals surface area contributed by atoms with Gasteiger partial charge in [0.05, 0.1) is 17.9 Å². The number of benzene rings is 1. The molecule has 1 unspecified atom stereocenters. The van der Waals surface area contributed by atoms with Crippen LogP contribution in [0.5, 0.6) is 0 Å². The van der Waals surface area contributed by atoms with Crippen LogP contribution in [0.4, 0.5) is 5.69 Å². The molecule has 1 aromatic rings. The molecule has 0 aliphatic carbocycles. The van der Waals surface area contributed by atoms with E-state index in [4.69, 9.17) is 10.8 Å². The third-order valence-corrected chi connectivity index (χ3v) is 4.47. The number of anilines is 1. The van der Waals surface area contributed by atoms with Gasteiger partial charge >= 0.3 is 0 Å². The maximum absolute atomic E-state index is 12.2. The zero-order valence-electron chi connectivity index (χ0n) is 11.3. The first kappa shape index (κ1) is 15.9. The van der Waals surface area contributed by atoms with E-state index >= 15 is 0 Å². The van der Waals surface area contributed by atoms with Gasteiger partial charge in [-0.25, -0.2) is 13.1 Å². The van der Waals surface area contributed by atoms with Crippen LogP contribution in [0.2, 0.25) is 0 Å². The molecule has 7 heteroatoms. The summed E-state index contributed by atoms with van der Waals surface area (Å²) in [5, 5.41) is 18.5. The molecule has 1 aromatic carbocycles. The molecular weight excluding hydrogens is 268 g/mol. The molecule has 0 bridgehead atoms. The number of aliphatic hydroxyl groups is 2. The molecule has 0 fully saturated rings. The monoisotopic (exact) mass is 288 g/mol. The Balaban J connectivity index is 3.12. The van der Waals surface area contributed by atoms with Gasteiger partial charge in [-0.05, 0) is 31.9 Å². The van der Waals surface area contributed by atoms with Gasteiger partial charge in [0.25, 0.3) is 0 Å². The first-order valence-electron chi connectivity index (χ1n) is 5.79. The Morgan fingerprint density at radius 2 is 1.84 bits per heavy atom. The minimum Gasteiger partial charge on any atom is -0.397 e. The molecule has 0 aromatic heterocycles. The van der Waals surface area contributed by atoms with Crippen LogP contribution in [0.25, 0.3) is 0 Å². The van der Waals surface area contributed by atoms with E-state index in [-0.39, 0.29) is 17.1 Å². The average molecular weight is 288 g/mol. The van der Waals surface area contributed by atoms with E-state index in [2.05, 4.69) is 4.72 Å². The minimum absolute atomic E-state index is 0.0150. The summed E-state index contributed by atoms with van der Waals surface area (Å²) in [5.41, 5.74) is 5.68. The van der Waals surface area contributed by atoms with Gasteiger partial charge in [-0.2, -0.15) is 0 Å². The second kappa shape index (κ2) is 5.46. The van der Waals surface area contributed by atoms with E-state index in [1.807, 2.05) is 0 Å². The van der Waals surface area contributed by atoms with Gasteiger partial charge in [-0.1, -0.05) is 12.1 Å². The summed E-state index contributed by atoms with van der Waals surface area (Å²) < 4.78 is 26.7. The number of nitrogen functional groups attached to an aromatic ring is 1. The van der Waals surface area contributed by atoms with Gasteiger partial charge in [-0.15, -0.1) is 0 Å². The number of hydrogen-bond donors (Lipinski definition) is 4. The van der Waals surface area contributed by atoms with Crippen molar-refractivity contribution in [3.63, 3.8) is 0 Å². The van der Waals surface area contributed by atoms with Crippen molar-refractivity contribution in [3.8, 4) is 0 Å². The normalized spacial score (nSPS) is 15.2. The van der Waals surface area contributed by atoms with Crippen molar-refractivity contribution < 1.29 is 18.6 Å². The van der Waals surface area contributed by atoms with Crippen LogP contribution in [0.1, 0.15) is 18.1 Å². The number of nitrogens with one attached hydrogen (secondary N) is 1. The predicted molar refractivity (Wildman–Crippen MR) is 73.2 cm³/mol. The van der Waals surface area contributed by atoms with Gasteiger partial charge in [0.1, 0.15) is 4.90 Å². The molecule has 5 N–H and O–H groups in total. The van der Waals surface area contributed by atoms with Crippen LogP contribution in [0, 0.1) is 13.8 Å². The Morgan fingerprint density at radius 3 is 2.37 bits per heavy atom. The summed E-state index contributed by atoms with van der Waals surface area (Å²) in [7, 11) is -3.83. The number of rotatable bonds is 5. The van der Waals surface area contributed by atoms with Gasteiger partial charge < -0.3 is 15.9 Å². The quantitative estimate of drug-likeness (QED) is 0.566. The Bertz CT molecular complexity index is 567. The number of sulfonamides is 1. The van der Waals surface area contributed by atoms with Gasteiger partial charge in [0, 0.05) is 6.54 Å². The van der Waals surface area contributed by atoms with Crippen LogP contribution >= 0.6 is 0 Å². The number of aryl methyl sites for hydroxylation is 2. The van der Waals surface area contributed by atoms with Crippen molar-refractivity contribution in [3.05, 3.63) is 23.3 Å². The van der Waals surface area contributed by atoms with Gasteiger partial charge in [0.2, 0.25) is 10.0 Å². The molecule has 0 amide bonds. The van der Waals surface area contributed by atoms with Crippen LogP contribution in [-0.2, 0) is 10.0 Å². The standard InChI is InChI=1S/C12H20N2O4S/c1-8-4-5-9(2)11(10(8)13)19(17,18)14-6-12(3,16)7-15/h4-5,14-16H,6-7,13H2,1-3H3. The summed E-state index contributed by atoms with van der Waals surface area (Å²) in [5.74, 6) is 0. The molecule has 108 valence electrons. The zero-order chi connectivity index (χ0) is 14.8. The summed E-state index contributed by atoms with van der Waals surface area (Å²) >= 11 is 0. The van der Waals surface area contributed by atoms with Crippen LogP contribution in [-0.4, -0.2) is 37.4 Å². The molecule has 19 heavy (non-hydrogen) atoms. The fraction of sp³-hybridized carbons (Fsp3) is 0.500. The Morgan fingerprint density at radius 1 is 1.32 bits per heavy atom. The molecule has 1 atom stereocenters. The Labute approximate surface area is 113 Å². The highest BCUT2D eigenvalue weighted by atomic mass is 32.2. The fourth-order valence-corrected chi connectivity index (χ4v) is 3.13. The lowest BCUT2D eigenvalue weighted by atomic mass is 10.1. The molecule has 0 saturated heterocycles. The maximum atomic E-state index is 12.2. The molecule has 0 saturated carbocycles. The Hall–Kier alpha value is -1.15. The second-order valence-electron chi connectivity index (χ2n) is 4.92. The van der Waals surface area contributed by atoms with E-state index in [9.17, 15) is 13.5 Å². The Kier molecular flexibility index (Phi) is 4.57. The fourth-order valence-electron chi connectivity index (χ4n) is 1.54. The van der Waals surface area contributed by atoms with Crippen molar-refractivity contribution in [2.45, 2.75) is 31.3 Å². The first-order valence-corrected chi connectivity index (χ1v) is 7.27. The summed E-state index contributed by atoms with van der Waals surface area (Å²) in [6, 6.07) is 3.41. The molecule has 0 aliphatic heterocycles. The van der Waals surface area contributed by atoms with Gasteiger partial charge in [0.15, 0.2) is 0 Å². The lowest BCUT2D eigenvalue weighted by molar-refractivity contribution is 0.00681. The lowest BCUT2D eigenvalue weighted by Crippen LogP contribution is -2.43. The topological polar surface area (TPSA) is 113 Å². The van der Waals surface area contributed by atoms with E-state index in [0.717, 1.165) is 0 Å². The third kappa shape index (κ3) is 3.66. The van der Waals surface area contributed by atoms with E-state index in [1.165, 1.54) is 6.92 Å². The molecule has 0 aliphatic rings. The average Bonchev–Trinajstić information content (AvgIpc) is 2.32. The highest BCUT2D eigenvalue weighted by Crippen LogP contribution is 2.25. The van der Waals surface area contributed by atoms with Crippen molar-refractivity contribution in [1.29, 1.82) is 0 Å². The second-order valence-corrected chi connectivity index (χ2v) is 6.63. The van der Waals surface area contributed by atoms with E-state index < -0.39 is 22.2 Å². The highest BCUT2D eigenvalue weighted by Gasteiger charge is 2.26. The zero-order valence-corrected chi connectivity index (χ0v) is 12.1. The van der Waals surface area contributed by atoms with Crippen LogP contribution in [0.15, 0.2) is 17.0 Å². The summed E-state index contributed by atoms with van der Waals surface area (Å²) in [6.45, 7) is 3.87. The highest BCUT2D eigenvalue weighted by molar-refractivity contribution is 7.89. The first-order chi connectivity index (χ1) is 8.60. The molecule has 0 heterocycles. The third-order valence-electron chi connectivity index (χ3n) is 2.86. The largest absolute Gasteiger partial charge is 0.397 e. The van der Waals surface area contributed by atoms with Crippen molar-refractivity contribution in [1.82, 2.24) is 4.72 Å². The smallest absolute Gasteiger partial charge is 0.242 e. The number of hydrogen-bond acceptors (Lipinski definition) is 5. The summed E-state index contributed by atoms with van der Waals surface area (Å²) in [6.07, 6.45) is 0. The summed E-state index contributed by atoms with van der Waals surface area (Å²) in [4.78, 5) is 0.0150. The minimum atomic E-state index is -3.83. The van der Waals surface area contributed by atoms with Crippen LogP contribution in [0.3, 0.4) is 0 Å². The number of nitrogens with two attached hydrogens (primary N) is 1. The maximum Gasteiger partial charge on any atom is 0.242 e. The van der Waals surface area contributed by atoms with Gasteiger partial charge in [-0.3, -0.25) is 0 Å². The van der Waals surface area contributed by atoms with Crippen LogP contribution < -0.4 is 10.5 Å². The lowest BCUT2D eigenvalue weighted by Gasteiger charge is -2.21. The SMILES string of the molecule is Cc1ccc(C)c(S(=O)(=O)NCC(C)(O)CO)c1N. The van der Waals surface area contributed by atoms with Crippen molar-refractivity contribution >= 4 is 15.7 Å². The molecular formula is C12H20N2O4S. The van der Waals surface area contributed by atoms with Crippen molar-refractivity contribution in [2.24, 2.45) is 0 Å².